The van der Waals surface area contributed by atoms with Crippen LogP contribution in [0.1, 0.15) is 55.3 Å². The van der Waals surface area contributed by atoms with E-state index in [2.05, 4.69) is 4.72 Å². The molecule has 0 unspecified atom stereocenters. The van der Waals surface area contributed by atoms with Gasteiger partial charge in [-0.25, -0.2) is 13.1 Å². The Morgan fingerprint density at radius 3 is 2.29 bits per heavy atom. The van der Waals surface area contributed by atoms with Crippen molar-refractivity contribution in [1.82, 2.24) is 9.62 Å². The first-order chi connectivity index (χ1) is 11.5. The third kappa shape index (κ3) is 4.36. The highest BCUT2D eigenvalue weighted by Gasteiger charge is 2.28. The molecule has 0 aliphatic heterocycles. The minimum absolute atomic E-state index is 0.0420. The molecular formula is C18H26N2O3S. The molecule has 0 heterocycles. The lowest BCUT2D eigenvalue weighted by molar-refractivity contribution is 0.0760. The van der Waals surface area contributed by atoms with Crippen LogP contribution in [-0.2, 0) is 10.0 Å². The van der Waals surface area contributed by atoms with Crippen LogP contribution in [0.25, 0.3) is 0 Å². The number of nitrogens with one attached hydrogen (secondary N) is 1. The molecule has 3 rings (SSSR count). The molecule has 0 spiro atoms. The molecule has 0 bridgehead atoms. The SMILES string of the molecule is CN(CC1CCCCC1)C(=O)c1ccc(S(=O)(=O)NC2CC2)cc1. The lowest BCUT2D eigenvalue weighted by Gasteiger charge is -2.27. The van der Waals surface area contributed by atoms with E-state index in [4.69, 9.17) is 0 Å². The molecule has 2 aliphatic rings. The van der Waals surface area contributed by atoms with Crippen LogP contribution >= 0.6 is 0 Å². The number of hydrogen-bond donors (Lipinski definition) is 1. The zero-order chi connectivity index (χ0) is 17.2. The molecule has 0 atom stereocenters. The van der Waals surface area contributed by atoms with Gasteiger partial charge in [0.2, 0.25) is 10.0 Å². The number of sulfonamides is 1. The van der Waals surface area contributed by atoms with Crippen molar-refractivity contribution in [2.24, 2.45) is 5.92 Å². The van der Waals surface area contributed by atoms with Crippen LogP contribution < -0.4 is 4.72 Å². The number of amides is 1. The third-order valence-electron chi connectivity index (χ3n) is 4.91. The van der Waals surface area contributed by atoms with Crippen LogP contribution in [0.2, 0.25) is 0 Å². The van der Waals surface area contributed by atoms with Crippen LogP contribution in [0, 0.1) is 5.92 Å². The molecule has 1 amide bonds. The van der Waals surface area contributed by atoms with Gasteiger partial charge in [0.25, 0.3) is 5.91 Å². The minimum atomic E-state index is -3.46. The van der Waals surface area contributed by atoms with E-state index in [0.29, 0.717) is 11.5 Å². The van der Waals surface area contributed by atoms with Crippen molar-refractivity contribution in [3.8, 4) is 0 Å². The Bertz CT molecular complexity index is 675. The average Bonchev–Trinajstić information content (AvgIpc) is 3.38. The Hall–Kier alpha value is -1.40. The molecule has 132 valence electrons. The van der Waals surface area contributed by atoms with E-state index in [1.807, 2.05) is 7.05 Å². The number of nitrogens with zero attached hydrogens (tertiary/aromatic N) is 1. The van der Waals surface area contributed by atoms with Crippen LogP contribution in [0.5, 0.6) is 0 Å². The monoisotopic (exact) mass is 350 g/mol. The number of hydrogen-bond acceptors (Lipinski definition) is 3. The maximum Gasteiger partial charge on any atom is 0.253 e. The summed E-state index contributed by atoms with van der Waals surface area (Å²) in [7, 11) is -1.63. The molecular weight excluding hydrogens is 324 g/mol. The van der Waals surface area contributed by atoms with Gasteiger partial charge in [-0.05, 0) is 55.9 Å². The van der Waals surface area contributed by atoms with E-state index in [9.17, 15) is 13.2 Å². The second-order valence-corrected chi connectivity index (χ2v) is 8.82. The fourth-order valence-corrected chi connectivity index (χ4v) is 4.63. The fraction of sp³-hybridized carbons (Fsp3) is 0.611. The van der Waals surface area contributed by atoms with Crippen LogP contribution in [0.3, 0.4) is 0 Å². The summed E-state index contributed by atoms with van der Waals surface area (Å²) < 4.78 is 27.0. The Kier molecular flexibility index (Phi) is 5.25. The van der Waals surface area contributed by atoms with Gasteiger partial charge in [-0.1, -0.05) is 19.3 Å². The molecule has 2 fully saturated rings. The number of carbonyl (C=O) groups excluding carboxylic acids is 1. The lowest BCUT2D eigenvalue weighted by Crippen LogP contribution is -2.32. The first-order valence-electron chi connectivity index (χ1n) is 8.83. The largest absolute Gasteiger partial charge is 0.341 e. The quantitative estimate of drug-likeness (QED) is 0.858. The summed E-state index contributed by atoms with van der Waals surface area (Å²) in [6.07, 6.45) is 8.02. The van der Waals surface area contributed by atoms with E-state index in [-0.39, 0.29) is 16.8 Å². The second-order valence-electron chi connectivity index (χ2n) is 7.11. The summed E-state index contributed by atoms with van der Waals surface area (Å²) in [5.74, 6) is 0.551. The van der Waals surface area contributed by atoms with Crippen molar-refractivity contribution in [2.45, 2.75) is 55.9 Å². The zero-order valence-electron chi connectivity index (χ0n) is 14.2. The topological polar surface area (TPSA) is 66.5 Å². The smallest absolute Gasteiger partial charge is 0.253 e. The van der Waals surface area contributed by atoms with E-state index in [1.54, 1.807) is 17.0 Å². The van der Waals surface area contributed by atoms with Crippen molar-refractivity contribution in [2.75, 3.05) is 13.6 Å². The molecule has 1 N–H and O–H groups in total. The predicted molar refractivity (Wildman–Crippen MR) is 93.3 cm³/mol. The van der Waals surface area contributed by atoms with Crippen molar-refractivity contribution in [3.05, 3.63) is 29.8 Å². The van der Waals surface area contributed by atoms with Gasteiger partial charge in [0.15, 0.2) is 0 Å². The minimum Gasteiger partial charge on any atom is -0.341 e. The van der Waals surface area contributed by atoms with E-state index in [1.165, 1.54) is 44.2 Å². The molecule has 2 saturated carbocycles. The summed E-state index contributed by atoms with van der Waals surface area (Å²) in [6.45, 7) is 0.780. The second kappa shape index (κ2) is 7.23. The maximum atomic E-state index is 12.5. The Morgan fingerprint density at radius 1 is 1.08 bits per heavy atom. The Balaban J connectivity index is 1.62. The van der Waals surface area contributed by atoms with Gasteiger partial charge < -0.3 is 4.90 Å². The molecule has 1 aromatic carbocycles. The van der Waals surface area contributed by atoms with Crippen molar-refractivity contribution in [3.63, 3.8) is 0 Å². The average molecular weight is 350 g/mol. The van der Waals surface area contributed by atoms with Crippen molar-refractivity contribution >= 4 is 15.9 Å². The molecule has 0 radical (unpaired) electrons. The molecule has 2 aliphatic carbocycles. The van der Waals surface area contributed by atoms with Crippen molar-refractivity contribution in [1.29, 1.82) is 0 Å². The normalized spacial score (nSPS) is 19.2. The van der Waals surface area contributed by atoms with Crippen molar-refractivity contribution < 1.29 is 13.2 Å². The highest BCUT2D eigenvalue weighted by atomic mass is 32.2. The standard InChI is InChI=1S/C18H26N2O3S/c1-20(13-14-5-3-2-4-6-14)18(21)15-7-11-17(12-8-15)24(22,23)19-16-9-10-16/h7-8,11-12,14,16,19H,2-6,9-10,13H2,1H3. The Morgan fingerprint density at radius 2 is 1.71 bits per heavy atom. The van der Waals surface area contributed by atoms with Crippen LogP contribution in [-0.4, -0.2) is 38.9 Å². The predicted octanol–water partition coefficient (Wildman–Crippen LogP) is 2.78. The first-order valence-corrected chi connectivity index (χ1v) is 10.3. The van der Waals surface area contributed by atoms with Crippen LogP contribution in [0.4, 0.5) is 0 Å². The molecule has 0 aromatic heterocycles. The lowest BCUT2D eigenvalue weighted by atomic mass is 9.89. The molecule has 5 nitrogen and oxygen atoms in total. The molecule has 0 saturated heterocycles. The zero-order valence-corrected chi connectivity index (χ0v) is 15.0. The van der Waals surface area contributed by atoms with Gasteiger partial charge in [0.1, 0.15) is 0 Å². The highest BCUT2D eigenvalue weighted by Crippen LogP contribution is 2.25. The van der Waals surface area contributed by atoms with Gasteiger partial charge >= 0.3 is 0 Å². The summed E-state index contributed by atoms with van der Waals surface area (Å²) >= 11 is 0. The fourth-order valence-electron chi connectivity index (χ4n) is 3.33. The summed E-state index contributed by atoms with van der Waals surface area (Å²) in [5.41, 5.74) is 0.540. The van der Waals surface area contributed by atoms with E-state index >= 15 is 0 Å². The number of benzene rings is 1. The molecule has 6 heteroatoms. The van der Waals surface area contributed by atoms with Gasteiger partial charge in [-0.2, -0.15) is 0 Å². The van der Waals surface area contributed by atoms with Gasteiger partial charge in [0, 0.05) is 25.2 Å². The Labute approximate surface area is 144 Å². The number of rotatable bonds is 6. The summed E-state index contributed by atoms with van der Waals surface area (Å²) in [5, 5.41) is 0. The molecule has 1 aromatic rings. The highest BCUT2D eigenvalue weighted by molar-refractivity contribution is 7.89. The summed E-state index contributed by atoms with van der Waals surface area (Å²) in [6, 6.07) is 6.35. The number of carbonyl (C=O) groups is 1. The third-order valence-corrected chi connectivity index (χ3v) is 6.45. The molecule has 24 heavy (non-hydrogen) atoms. The van der Waals surface area contributed by atoms with Gasteiger partial charge in [-0.15, -0.1) is 0 Å². The van der Waals surface area contributed by atoms with Crippen LogP contribution in [0.15, 0.2) is 29.2 Å². The maximum absolute atomic E-state index is 12.5. The van der Waals surface area contributed by atoms with Gasteiger partial charge in [-0.3, -0.25) is 4.79 Å². The van der Waals surface area contributed by atoms with Gasteiger partial charge in [0.05, 0.1) is 4.90 Å². The van der Waals surface area contributed by atoms with E-state index in [0.717, 1.165) is 19.4 Å². The first kappa shape index (κ1) is 17.4. The summed E-state index contributed by atoms with van der Waals surface area (Å²) in [4.78, 5) is 14.5. The van der Waals surface area contributed by atoms with E-state index < -0.39 is 10.0 Å².